The number of amides is 1. The lowest BCUT2D eigenvalue weighted by molar-refractivity contribution is -0.126. The fourth-order valence-corrected chi connectivity index (χ4v) is 1.59. The maximum atomic E-state index is 11.5. The van der Waals surface area contributed by atoms with Gasteiger partial charge in [0.25, 0.3) is 6.47 Å². The van der Waals surface area contributed by atoms with Gasteiger partial charge in [0.1, 0.15) is 11.2 Å². The van der Waals surface area contributed by atoms with Gasteiger partial charge in [0, 0.05) is 19.3 Å². The van der Waals surface area contributed by atoms with Gasteiger partial charge in [-0.1, -0.05) is 0 Å². The van der Waals surface area contributed by atoms with Crippen LogP contribution in [0.4, 0.5) is 11.5 Å². The van der Waals surface area contributed by atoms with E-state index in [0.29, 0.717) is 24.5 Å². The van der Waals surface area contributed by atoms with Crippen molar-refractivity contribution in [2.45, 2.75) is 24.8 Å². The van der Waals surface area contributed by atoms with Crippen molar-refractivity contribution in [2.24, 2.45) is 0 Å². The van der Waals surface area contributed by atoms with Crippen LogP contribution >= 0.6 is 11.6 Å². The van der Waals surface area contributed by atoms with Crippen LogP contribution in [0.25, 0.3) is 0 Å². The average molecular weight is 330 g/mol. The van der Waals surface area contributed by atoms with Crippen molar-refractivity contribution in [3.63, 3.8) is 0 Å². The predicted molar refractivity (Wildman–Crippen MR) is 84.1 cm³/mol. The number of nitrogens with zero attached hydrogens (tertiary/aromatic N) is 1. The highest BCUT2D eigenvalue weighted by Crippen LogP contribution is 2.20. The molecule has 1 aromatic rings. The number of anilines is 2. The number of ether oxygens (including phenoxy) is 2. The lowest BCUT2D eigenvalue weighted by Crippen LogP contribution is -2.34. The van der Waals surface area contributed by atoms with Crippen molar-refractivity contribution in [2.75, 3.05) is 30.9 Å². The molecule has 0 spiro atoms. The zero-order valence-corrected chi connectivity index (χ0v) is 13.3. The summed E-state index contributed by atoms with van der Waals surface area (Å²) in [4.78, 5) is 24.7. The first kappa shape index (κ1) is 18.2. The quantitative estimate of drug-likeness (QED) is 0.609. The predicted octanol–water partition coefficient (Wildman–Crippen LogP) is 1.64. The molecule has 1 amide bonds. The second-order valence-corrected chi connectivity index (χ2v) is 5.15. The van der Waals surface area contributed by atoms with E-state index in [4.69, 9.17) is 21.1 Å². The van der Waals surface area contributed by atoms with Crippen molar-refractivity contribution >= 4 is 35.5 Å². The molecule has 2 N–H and O–H groups in total. The molecule has 1 aliphatic heterocycles. The summed E-state index contributed by atoms with van der Waals surface area (Å²) in [5.74, 6) is 0.395. The number of pyridine rings is 1. The normalized spacial score (nSPS) is 17.1. The van der Waals surface area contributed by atoms with E-state index in [0.717, 1.165) is 13.0 Å². The smallest absolute Gasteiger partial charge is 0.292 e. The van der Waals surface area contributed by atoms with E-state index < -0.39 is 5.38 Å². The summed E-state index contributed by atoms with van der Waals surface area (Å²) in [6, 6.07) is 3.55. The standard InChI is InChI=1S/C12H16ClN3O2.C2H4O2/c1-8(13)12(17)16-10-3-2-5-14-11(10)15-7-9-4-6-18-9;1-4-2-3/h2-3,5,8-9H,4,6-7H2,1H3,(H,14,15)(H,16,17);2H,1H3/t8-,9-;/m0./s1. The van der Waals surface area contributed by atoms with Gasteiger partial charge in [0.15, 0.2) is 0 Å². The van der Waals surface area contributed by atoms with Crippen LogP contribution in [0.1, 0.15) is 13.3 Å². The molecule has 0 unspecified atom stereocenters. The van der Waals surface area contributed by atoms with Crippen LogP contribution in [0.15, 0.2) is 18.3 Å². The van der Waals surface area contributed by atoms with Crippen molar-refractivity contribution < 1.29 is 19.1 Å². The number of aromatic nitrogens is 1. The average Bonchev–Trinajstić information content (AvgIpc) is 2.47. The van der Waals surface area contributed by atoms with Crippen molar-refractivity contribution in [3.05, 3.63) is 18.3 Å². The SMILES string of the molecule is COC=O.C[C@H](Cl)C(=O)Nc1cccnc1NC[C@@H]1CCO1. The largest absolute Gasteiger partial charge is 0.471 e. The second kappa shape index (κ2) is 9.97. The van der Waals surface area contributed by atoms with Crippen LogP contribution in [0, 0.1) is 0 Å². The second-order valence-electron chi connectivity index (χ2n) is 4.50. The molecule has 22 heavy (non-hydrogen) atoms. The molecule has 2 rings (SSSR count). The van der Waals surface area contributed by atoms with Gasteiger partial charge in [-0.3, -0.25) is 9.59 Å². The molecular weight excluding hydrogens is 310 g/mol. The lowest BCUT2D eigenvalue weighted by Gasteiger charge is -2.27. The van der Waals surface area contributed by atoms with Crippen molar-refractivity contribution in [1.29, 1.82) is 0 Å². The Morgan fingerprint density at radius 1 is 1.68 bits per heavy atom. The van der Waals surface area contributed by atoms with Crippen LogP contribution in [0.2, 0.25) is 0 Å². The number of alkyl halides is 1. The van der Waals surface area contributed by atoms with Gasteiger partial charge in [-0.25, -0.2) is 4.98 Å². The summed E-state index contributed by atoms with van der Waals surface area (Å²) in [7, 11) is 1.31. The molecule has 1 aliphatic rings. The van der Waals surface area contributed by atoms with Crippen LogP contribution in [0.5, 0.6) is 0 Å². The zero-order chi connectivity index (χ0) is 16.4. The monoisotopic (exact) mass is 329 g/mol. The minimum absolute atomic E-state index is 0.238. The number of nitrogens with one attached hydrogen (secondary N) is 2. The summed E-state index contributed by atoms with van der Waals surface area (Å²) < 4.78 is 9.17. The summed E-state index contributed by atoms with van der Waals surface area (Å²) in [6.07, 6.45) is 2.96. The Bertz CT molecular complexity index is 481. The number of rotatable bonds is 6. The maximum absolute atomic E-state index is 11.5. The van der Waals surface area contributed by atoms with Gasteiger partial charge in [0.2, 0.25) is 5.91 Å². The molecule has 8 heteroatoms. The molecule has 1 fully saturated rings. The van der Waals surface area contributed by atoms with Gasteiger partial charge in [-0.15, -0.1) is 11.6 Å². The van der Waals surface area contributed by atoms with Gasteiger partial charge < -0.3 is 20.1 Å². The molecule has 1 aromatic heterocycles. The summed E-state index contributed by atoms with van der Waals surface area (Å²) in [6.45, 7) is 3.51. The first-order valence-electron chi connectivity index (χ1n) is 6.80. The Labute approximate surface area is 134 Å². The number of hydrogen-bond donors (Lipinski definition) is 2. The Morgan fingerprint density at radius 2 is 2.36 bits per heavy atom. The van der Waals surface area contributed by atoms with E-state index in [1.807, 2.05) is 0 Å². The molecule has 1 saturated heterocycles. The lowest BCUT2D eigenvalue weighted by atomic mass is 10.2. The minimum atomic E-state index is -0.576. The number of carbonyl (C=O) groups excluding carboxylic acids is 2. The zero-order valence-electron chi connectivity index (χ0n) is 12.5. The van der Waals surface area contributed by atoms with Crippen molar-refractivity contribution in [3.8, 4) is 0 Å². The van der Waals surface area contributed by atoms with Crippen LogP contribution < -0.4 is 10.6 Å². The molecule has 7 nitrogen and oxygen atoms in total. The summed E-state index contributed by atoms with van der Waals surface area (Å²) in [5.41, 5.74) is 0.634. The molecular formula is C14H20ClN3O4. The van der Waals surface area contributed by atoms with E-state index >= 15 is 0 Å². The third kappa shape index (κ3) is 6.28. The Morgan fingerprint density at radius 3 is 2.86 bits per heavy atom. The van der Waals surface area contributed by atoms with E-state index in [1.165, 1.54) is 7.11 Å². The molecule has 0 radical (unpaired) electrons. The Balaban J connectivity index is 0.000000541. The van der Waals surface area contributed by atoms with E-state index in [9.17, 15) is 4.79 Å². The number of methoxy groups -OCH3 is 1. The highest BCUT2D eigenvalue weighted by atomic mass is 35.5. The van der Waals surface area contributed by atoms with Crippen molar-refractivity contribution in [1.82, 2.24) is 4.98 Å². The van der Waals surface area contributed by atoms with E-state index in [1.54, 1.807) is 25.3 Å². The molecule has 0 aliphatic carbocycles. The first-order chi connectivity index (χ1) is 10.6. The Kier molecular flexibility index (Phi) is 8.24. The summed E-state index contributed by atoms with van der Waals surface area (Å²) in [5, 5.41) is 5.32. The van der Waals surface area contributed by atoms with E-state index in [2.05, 4.69) is 20.4 Å². The molecule has 0 aromatic carbocycles. The van der Waals surface area contributed by atoms with Gasteiger partial charge in [-0.05, 0) is 25.5 Å². The summed E-state index contributed by atoms with van der Waals surface area (Å²) >= 11 is 5.72. The first-order valence-corrected chi connectivity index (χ1v) is 7.24. The van der Waals surface area contributed by atoms with E-state index in [-0.39, 0.29) is 12.0 Å². The fraction of sp³-hybridized carbons (Fsp3) is 0.500. The topological polar surface area (TPSA) is 89.6 Å². The fourth-order valence-electron chi connectivity index (χ4n) is 1.54. The van der Waals surface area contributed by atoms with Gasteiger partial charge in [-0.2, -0.15) is 0 Å². The number of carbonyl (C=O) groups is 2. The van der Waals surface area contributed by atoms with Gasteiger partial charge in [0.05, 0.1) is 18.9 Å². The molecule has 2 heterocycles. The number of hydrogen-bond acceptors (Lipinski definition) is 6. The molecule has 122 valence electrons. The third-order valence-electron chi connectivity index (χ3n) is 2.81. The Hall–Kier alpha value is -1.86. The van der Waals surface area contributed by atoms with Crippen LogP contribution in [-0.2, 0) is 19.1 Å². The molecule has 0 saturated carbocycles. The van der Waals surface area contributed by atoms with Crippen LogP contribution in [-0.4, -0.2) is 49.1 Å². The van der Waals surface area contributed by atoms with Gasteiger partial charge >= 0.3 is 0 Å². The number of halogens is 1. The highest BCUT2D eigenvalue weighted by molar-refractivity contribution is 6.32. The highest BCUT2D eigenvalue weighted by Gasteiger charge is 2.18. The maximum Gasteiger partial charge on any atom is 0.292 e. The third-order valence-corrected chi connectivity index (χ3v) is 3.01. The van der Waals surface area contributed by atoms with Crippen LogP contribution in [0.3, 0.4) is 0 Å². The minimum Gasteiger partial charge on any atom is -0.471 e. The molecule has 0 bridgehead atoms. The molecule has 2 atom stereocenters.